The molecule has 4 N–H and O–H groups in total. The van der Waals surface area contributed by atoms with Crippen molar-refractivity contribution in [2.45, 2.75) is 18.2 Å². The van der Waals surface area contributed by atoms with E-state index >= 15 is 0 Å². The summed E-state index contributed by atoms with van der Waals surface area (Å²) in [4.78, 5) is 32.5. The monoisotopic (exact) mass is 262 g/mol. The first-order valence-corrected chi connectivity index (χ1v) is 4.45. The van der Waals surface area contributed by atoms with Gasteiger partial charge in [0.05, 0.1) is 0 Å². The minimum Gasteiger partial charge on any atom is -0.505 e. The smallest absolute Gasteiger partial charge is 0.420 e. The summed E-state index contributed by atoms with van der Waals surface area (Å²) in [6, 6.07) is 0. The van der Waals surface area contributed by atoms with Crippen LogP contribution < -0.4 is 0 Å². The zero-order valence-electron chi connectivity index (χ0n) is 8.39. The van der Waals surface area contributed by atoms with E-state index in [-0.39, 0.29) is 0 Å². The Labute approximate surface area is 97.6 Å². The molecule has 2 aliphatic heterocycles. The van der Waals surface area contributed by atoms with E-state index in [2.05, 4.69) is 14.2 Å². The van der Waals surface area contributed by atoms with Crippen LogP contribution in [-0.4, -0.2) is 56.5 Å². The van der Waals surface area contributed by atoms with Crippen LogP contribution in [0.1, 0.15) is 0 Å². The SMILES string of the molecule is O=C1OC(O)C(O)(C2OC(=O)C(O)=C2O)OC1=O. The first kappa shape index (κ1) is 12.1. The highest BCUT2D eigenvalue weighted by Crippen LogP contribution is 2.33. The number of carbonyl (C=O) groups is 3. The van der Waals surface area contributed by atoms with Gasteiger partial charge in [0.2, 0.25) is 11.9 Å². The molecule has 0 spiro atoms. The molecule has 0 aliphatic carbocycles. The summed E-state index contributed by atoms with van der Waals surface area (Å²) < 4.78 is 12.5. The maximum atomic E-state index is 10.9. The molecular weight excluding hydrogens is 256 g/mol. The van der Waals surface area contributed by atoms with Gasteiger partial charge in [-0.15, -0.1) is 0 Å². The quantitative estimate of drug-likeness (QED) is 0.223. The van der Waals surface area contributed by atoms with E-state index in [0.717, 1.165) is 0 Å². The average molecular weight is 262 g/mol. The van der Waals surface area contributed by atoms with E-state index in [1.54, 1.807) is 0 Å². The Morgan fingerprint density at radius 1 is 1.00 bits per heavy atom. The van der Waals surface area contributed by atoms with E-state index in [4.69, 9.17) is 5.11 Å². The second-order valence-corrected chi connectivity index (χ2v) is 3.42. The molecule has 2 rings (SSSR count). The Hall–Kier alpha value is -2.33. The molecule has 98 valence electrons. The fourth-order valence-corrected chi connectivity index (χ4v) is 1.39. The lowest BCUT2D eigenvalue weighted by atomic mass is 10.1. The van der Waals surface area contributed by atoms with Gasteiger partial charge in [-0.3, -0.25) is 0 Å². The largest absolute Gasteiger partial charge is 0.505 e. The number of carbonyl (C=O) groups excluding carboxylic acids is 3. The van der Waals surface area contributed by atoms with E-state index in [9.17, 15) is 29.7 Å². The highest BCUT2D eigenvalue weighted by molar-refractivity contribution is 6.30. The second-order valence-electron chi connectivity index (χ2n) is 3.42. The molecule has 0 amide bonds. The summed E-state index contributed by atoms with van der Waals surface area (Å²) in [6.45, 7) is 0. The van der Waals surface area contributed by atoms with Gasteiger partial charge in [0.1, 0.15) is 0 Å². The molecule has 2 aliphatic rings. The average Bonchev–Trinajstić information content (AvgIpc) is 2.55. The minimum absolute atomic E-state index is 1.17. The summed E-state index contributed by atoms with van der Waals surface area (Å²) in [6.07, 6.45) is -4.52. The Morgan fingerprint density at radius 2 is 1.61 bits per heavy atom. The van der Waals surface area contributed by atoms with Crippen LogP contribution in [-0.2, 0) is 28.6 Å². The molecule has 3 unspecified atom stereocenters. The third-order valence-electron chi connectivity index (χ3n) is 2.28. The van der Waals surface area contributed by atoms with Gasteiger partial charge in [-0.25, -0.2) is 14.4 Å². The Bertz CT molecular complexity index is 478. The third-order valence-corrected chi connectivity index (χ3v) is 2.28. The lowest BCUT2D eigenvalue weighted by Gasteiger charge is -2.36. The number of hydrogen-bond acceptors (Lipinski definition) is 10. The van der Waals surface area contributed by atoms with Crippen molar-refractivity contribution >= 4 is 17.9 Å². The zero-order chi connectivity index (χ0) is 13.7. The Kier molecular flexibility index (Phi) is 2.41. The van der Waals surface area contributed by atoms with Gasteiger partial charge in [0.25, 0.3) is 6.29 Å². The molecule has 0 aromatic rings. The molecule has 10 nitrogen and oxygen atoms in total. The van der Waals surface area contributed by atoms with Crippen molar-refractivity contribution in [2.24, 2.45) is 0 Å². The lowest BCUT2D eigenvalue weighted by molar-refractivity contribution is -0.343. The Morgan fingerprint density at radius 3 is 2.11 bits per heavy atom. The van der Waals surface area contributed by atoms with Crippen molar-refractivity contribution in [3.8, 4) is 0 Å². The molecule has 18 heavy (non-hydrogen) atoms. The predicted octanol–water partition coefficient (Wildman–Crippen LogP) is -2.65. The highest BCUT2D eigenvalue weighted by Gasteiger charge is 2.61. The molecule has 0 radical (unpaired) electrons. The molecule has 0 aromatic heterocycles. The van der Waals surface area contributed by atoms with Gasteiger partial charge in [-0.05, 0) is 0 Å². The van der Waals surface area contributed by atoms with Gasteiger partial charge in [-0.2, -0.15) is 0 Å². The Balaban J connectivity index is 2.35. The van der Waals surface area contributed by atoms with Crippen LogP contribution in [0, 0.1) is 0 Å². The van der Waals surface area contributed by atoms with Gasteiger partial charge >= 0.3 is 23.7 Å². The van der Waals surface area contributed by atoms with Crippen LogP contribution in [0.4, 0.5) is 0 Å². The normalized spacial score (nSPS) is 36.2. The van der Waals surface area contributed by atoms with Crippen LogP contribution in [0.2, 0.25) is 0 Å². The summed E-state index contributed by atoms with van der Waals surface area (Å²) in [5.74, 6) is -10.1. The number of esters is 3. The van der Waals surface area contributed by atoms with Gasteiger partial charge in [0, 0.05) is 0 Å². The summed E-state index contributed by atoms with van der Waals surface area (Å²) in [5.41, 5.74) is 0. The maximum absolute atomic E-state index is 10.9. The number of aliphatic hydroxyl groups is 4. The first-order chi connectivity index (χ1) is 8.27. The number of ether oxygens (including phenoxy) is 3. The van der Waals surface area contributed by atoms with Crippen LogP contribution in [0.25, 0.3) is 0 Å². The van der Waals surface area contributed by atoms with Crippen molar-refractivity contribution in [1.29, 1.82) is 0 Å². The molecule has 2 heterocycles. The maximum Gasteiger partial charge on any atom is 0.420 e. The van der Waals surface area contributed by atoms with E-state index in [0.29, 0.717) is 0 Å². The van der Waals surface area contributed by atoms with Gasteiger partial charge < -0.3 is 34.6 Å². The number of aliphatic hydroxyl groups excluding tert-OH is 3. The molecular formula is C8H6O10. The highest BCUT2D eigenvalue weighted by atomic mass is 16.8. The molecule has 0 aromatic carbocycles. The van der Waals surface area contributed by atoms with Crippen LogP contribution in [0.5, 0.6) is 0 Å². The minimum atomic E-state index is -3.05. The molecule has 10 heteroatoms. The zero-order valence-corrected chi connectivity index (χ0v) is 8.39. The van der Waals surface area contributed by atoms with E-state index in [1.165, 1.54) is 0 Å². The third kappa shape index (κ3) is 1.47. The van der Waals surface area contributed by atoms with Crippen molar-refractivity contribution in [3.63, 3.8) is 0 Å². The number of hydrogen-bond donors (Lipinski definition) is 4. The van der Waals surface area contributed by atoms with Crippen molar-refractivity contribution < 1.29 is 49.0 Å². The van der Waals surface area contributed by atoms with Crippen LogP contribution in [0.15, 0.2) is 11.5 Å². The van der Waals surface area contributed by atoms with Crippen molar-refractivity contribution in [3.05, 3.63) is 11.5 Å². The number of rotatable bonds is 1. The second kappa shape index (κ2) is 3.58. The summed E-state index contributed by atoms with van der Waals surface area (Å²) in [7, 11) is 0. The standard InChI is InChI=1S/C8H6O10/c9-1-2(10)4(11)16-3(1)8(15)7(14)17-5(12)6(13)18-8/h3,7,9-10,14-15H. The van der Waals surface area contributed by atoms with Crippen LogP contribution >= 0.6 is 0 Å². The lowest BCUT2D eigenvalue weighted by Crippen LogP contribution is -2.62. The van der Waals surface area contributed by atoms with E-state index in [1.807, 2.05) is 0 Å². The summed E-state index contributed by atoms with van der Waals surface area (Å²) >= 11 is 0. The van der Waals surface area contributed by atoms with E-state index < -0.39 is 47.6 Å². The van der Waals surface area contributed by atoms with Crippen molar-refractivity contribution in [2.75, 3.05) is 0 Å². The number of cyclic esters (lactones) is 3. The topological polar surface area (TPSA) is 160 Å². The fraction of sp³-hybridized carbons (Fsp3) is 0.375. The first-order valence-electron chi connectivity index (χ1n) is 4.45. The van der Waals surface area contributed by atoms with Gasteiger partial charge in [-0.1, -0.05) is 0 Å². The van der Waals surface area contributed by atoms with Gasteiger partial charge in [0.15, 0.2) is 5.76 Å². The fourth-order valence-electron chi connectivity index (χ4n) is 1.39. The molecule has 3 atom stereocenters. The molecule has 1 saturated heterocycles. The predicted molar refractivity (Wildman–Crippen MR) is 45.3 cm³/mol. The molecule has 0 saturated carbocycles. The molecule has 0 bridgehead atoms. The van der Waals surface area contributed by atoms with Crippen molar-refractivity contribution in [1.82, 2.24) is 0 Å². The summed E-state index contributed by atoms with van der Waals surface area (Å²) in [5, 5.41) is 37.4. The molecule has 1 fully saturated rings. The van der Waals surface area contributed by atoms with Crippen LogP contribution in [0.3, 0.4) is 0 Å².